The summed E-state index contributed by atoms with van der Waals surface area (Å²) in [5.74, 6) is 0.0362. The number of nitrogens with zero attached hydrogens (tertiary/aromatic N) is 1. The van der Waals surface area contributed by atoms with Crippen LogP contribution in [0.4, 0.5) is 0 Å². The van der Waals surface area contributed by atoms with E-state index in [1.807, 2.05) is 17.5 Å². The maximum atomic E-state index is 12.3. The van der Waals surface area contributed by atoms with Gasteiger partial charge in [0.1, 0.15) is 0 Å². The summed E-state index contributed by atoms with van der Waals surface area (Å²) in [4.78, 5) is 15.6. The van der Waals surface area contributed by atoms with Crippen molar-refractivity contribution in [1.29, 1.82) is 0 Å². The van der Waals surface area contributed by atoms with E-state index in [1.54, 1.807) is 0 Å². The largest absolute Gasteiger partial charge is 0.349 e. The molecule has 130 valence electrons. The van der Waals surface area contributed by atoms with Gasteiger partial charge in [0.25, 0.3) is 5.91 Å². The number of likely N-dealkylation sites (tertiary alicyclic amines) is 1. The number of amides is 1. The molecule has 1 unspecified atom stereocenters. The minimum absolute atomic E-state index is 0. The second-order valence-electron chi connectivity index (χ2n) is 6.21. The number of halogens is 1. The molecular formula is C19H25ClN2OS. The van der Waals surface area contributed by atoms with Gasteiger partial charge in [-0.25, -0.2) is 0 Å². The summed E-state index contributed by atoms with van der Waals surface area (Å²) in [6.45, 7) is 5.01. The third-order valence-corrected chi connectivity index (χ3v) is 5.36. The molecule has 1 aromatic carbocycles. The highest BCUT2D eigenvalue weighted by Gasteiger charge is 2.23. The zero-order valence-corrected chi connectivity index (χ0v) is 15.7. The predicted octanol–water partition coefficient (Wildman–Crippen LogP) is 4.44. The maximum absolute atomic E-state index is 12.3. The molecule has 24 heavy (non-hydrogen) atoms. The first-order valence-electron chi connectivity index (χ1n) is 8.36. The molecular weight excluding hydrogens is 340 g/mol. The molecule has 1 aromatic heterocycles. The van der Waals surface area contributed by atoms with Crippen LogP contribution < -0.4 is 5.32 Å². The minimum atomic E-state index is 0. The van der Waals surface area contributed by atoms with Crippen LogP contribution in [0.5, 0.6) is 0 Å². The van der Waals surface area contributed by atoms with Gasteiger partial charge in [0.05, 0.1) is 10.9 Å². The highest BCUT2D eigenvalue weighted by atomic mass is 35.5. The Morgan fingerprint density at radius 3 is 2.50 bits per heavy atom. The molecule has 0 aliphatic carbocycles. The molecule has 2 aromatic rings. The van der Waals surface area contributed by atoms with Crippen LogP contribution in [0.25, 0.3) is 0 Å². The SMILES string of the molecule is Cc1ccc(C(CNC(=O)c2cccs2)N2CCCCC2)cc1.Cl. The molecule has 0 radical (unpaired) electrons. The zero-order chi connectivity index (χ0) is 16.1. The van der Waals surface area contributed by atoms with Crippen LogP contribution >= 0.6 is 23.7 Å². The average molecular weight is 365 g/mol. The van der Waals surface area contributed by atoms with E-state index >= 15 is 0 Å². The van der Waals surface area contributed by atoms with Gasteiger partial charge in [-0.2, -0.15) is 0 Å². The van der Waals surface area contributed by atoms with Crippen molar-refractivity contribution in [2.24, 2.45) is 0 Å². The second-order valence-corrected chi connectivity index (χ2v) is 7.16. The fourth-order valence-electron chi connectivity index (χ4n) is 3.16. The Balaban J connectivity index is 0.00000208. The average Bonchev–Trinajstić information content (AvgIpc) is 3.12. The number of aryl methyl sites for hydroxylation is 1. The quantitative estimate of drug-likeness (QED) is 0.850. The smallest absolute Gasteiger partial charge is 0.261 e. The van der Waals surface area contributed by atoms with Gasteiger partial charge in [-0.1, -0.05) is 42.3 Å². The Kier molecular flexibility index (Phi) is 7.28. The molecule has 1 aliphatic rings. The summed E-state index contributed by atoms with van der Waals surface area (Å²) < 4.78 is 0. The van der Waals surface area contributed by atoms with Gasteiger partial charge in [0.15, 0.2) is 0 Å². The molecule has 1 aliphatic heterocycles. The lowest BCUT2D eigenvalue weighted by molar-refractivity contribution is 0.0928. The van der Waals surface area contributed by atoms with E-state index in [-0.39, 0.29) is 24.4 Å². The minimum Gasteiger partial charge on any atom is -0.349 e. The van der Waals surface area contributed by atoms with E-state index < -0.39 is 0 Å². The van der Waals surface area contributed by atoms with Crippen molar-refractivity contribution in [3.05, 3.63) is 57.8 Å². The number of carbonyl (C=O) groups excluding carboxylic acids is 1. The van der Waals surface area contributed by atoms with Crippen molar-refractivity contribution in [3.63, 3.8) is 0 Å². The highest BCUT2D eigenvalue weighted by Crippen LogP contribution is 2.24. The van der Waals surface area contributed by atoms with Gasteiger partial charge in [-0.05, 0) is 49.9 Å². The van der Waals surface area contributed by atoms with Crippen LogP contribution in [0.2, 0.25) is 0 Å². The molecule has 2 heterocycles. The van der Waals surface area contributed by atoms with E-state index in [9.17, 15) is 4.79 Å². The number of hydrogen-bond acceptors (Lipinski definition) is 3. The molecule has 3 rings (SSSR count). The van der Waals surface area contributed by atoms with Crippen molar-refractivity contribution in [1.82, 2.24) is 10.2 Å². The number of benzene rings is 1. The molecule has 3 nitrogen and oxygen atoms in total. The Hall–Kier alpha value is -1.36. The van der Waals surface area contributed by atoms with Gasteiger partial charge in [0.2, 0.25) is 0 Å². The van der Waals surface area contributed by atoms with Crippen molar-refractivity contribution in [2.75, 3.05) is 19.6 Å². The summed E-state index contributed by atoms with van der Waals surface area (Å²) in [7, 11) is 0. The van der Waals surface area contributed by atoms with E-state index in [4.69, 9.17) is 0 Å². The first-order chi connectivity index (χ1) is 11.2. The normalized spacial score (nSPS) is 16.2. The number of thiophene rings is 1. The monoisotopic (exact) mass is 364 g/mol. The Morgan fingerprint density at radius 2 is 1.88 bits per heavy atom. The summed E-state index contributed by atoms with van der Waals surface area (Å²) in [6.07, 6.45) is 3.82. The van der Waals surface area contributed by atoms with Crippen LogP contribution in [0.15, 0.2) is 41.8 Å². The highest BCUT2D eigenvalue weighted by molar-refractivity contribution is 7.12. The standard InChI is InChI=1S/C19H24N2OS.ClH/c1-15-7-9-16(10-8-15)17(21-11-3-2-4-12-21)14-20-19(22)18-6-5-13-23-18;/h5-10,13,17H,2-4,11-12,14H2,1H3,(H,20,22);1H. The molecule has 0 bridgehead atoms. The third-order valence-electron chi connectivity index (χ3n) is 4.49. The molecule has 1 fully saturated rings. The van der Waals surface area contributed by atoms with E-state index in [2.05, 4.69) is 41.4 Å². The van der Waals surface area contributed by atoms with Gasteiger partial charge < -0.3 is 5.32 Å². The molecule has 1 saturated heterocycles. The number of rotatable bonds is 5. The number of nitrogens with one attached hydrogen (secondary N) is 1. The summed E-state index contributed by atoms with van der Waals surface area (Å²) in [5, 5.41) is 5.07. The molecule has 0 saturated carbocycles. The van der Waals surface area contributed by atoms with Crippen LogP contribution in [-0.2, 0) is 0 Å². The van der Waals surface area contributed by atoms with Crippen molar-refractivity contribution < 1.29 is 4.79 Å². The fourth-order valence-corrected chi connectivity index (χ4v) is 3.80. The Morgan fingerprint density at radius 1 is 1.17 bits per heavy atom. The van der Waals surface area contributed by atoms with Gasteiger partial charge in [0, 0.05) is 6.54 Å². The van der Waals surface area contributed by atoms with Crippen LogP contribution in [0, 0.1) is 6.92 Å². The number of hydrogen-bond donors (Lipinski definition) is 1. The fraction of sp³-hybridized carbons (Fsp3) is 0.421. The van der Waals surface area contributed by atoms with Crippen molar-refractivity contribution in [2.45, 2.75) is 32.2 Å². The second kappa shape index (κ2) is 9.21. The molecule has 1 atom stereocenters. The van der Waals surface area contributed by atoms with E-state index in [0.717, 1.165) is 18.0 Å². The van der Waals surface area contributed by atoms with Gasteiger partial charge >= 0.3 is 0 Å². The van der Waals surface area contributed by atoms with Gasteiger partial charge in [-0.3, -0.25) is 9.69 Å². The topological polar surface area (TPSA) is 32.3 Å². The van der Waals surface area contributed by atoms with Crippen LogP contribution in [-0.4, -0.2) is 30.4 Å². The third kappa shape index (κ3) is 4.82. The maximum Gasteiger partial charge on any atom is 0.261 e. The molecule has 0 spiro atoms. The molecule has 1 N–H and O–H groups in total. The Bertz CT molecular complexity index is 621. The summed E-state index contributed by atoms with van der Waals surface area (Å²) >= 11 is 1.49. The van der Waals surface area contributed by atoms with Crippen LogP contribution in [0.3, 0.4) is 0 Å². The van der Waals surface area contributed by atoms with Crippen LogP contribution in [0.1, 0.15) is 46.1 Å². The molecule has 5 heteroatoms. The van der Waals surface area contributed by atoms with E-state index in [0.29, 0.717) is 6.54 Å². The lowest BCUT2D eigenvalue weighted by Gasteiger charge is -2.35. The number of piperidine rings is 1. The molecule has 1 amide bonds. The predicted molar refractivity (Wildman–Crippen MR) is 103 cm³/mol. The first kappa shape index (κ1) is 19.0. The van der Waals surface area contributed by atoms with Crippen molar-refractivity contribution >= 4 is 29.7 Å². The zero-order valence-electron chi connectivity index (χ0n) is 14.0. The number of carbonyl (C=O) groups is 1. The lowest BCUT2D eigenvalue weighted by Crippen LogP contribution is -2.40. The van der Waals surface area contributed by atoms with E-state index in [1.165, 1.54) is 41.7 Å². The van der Waals surface area contributed by atoms with Gasteiger partial charge in [-0.15, -0.1) is 23.7 Å². The lowest BCUT2D eigenvalue weighted by atomic mass is 10.0. The first-order valence-corrected chi connectivity index (χ1v) is 9.24. The summed E-state index contributed by atoms with van der Waals surface area (Å²) in [5.41, 5.74) is 2.57. The Labute approximate surface area is 154 Å². The summed E-state index contributed by atoms with van der Waals surface area (Å²) in [6, 6.07) is 12.8. The van der Waals surface area contributed by atoms with Crippen molar-refractivity contribution in [3.8, 4) is 0 Å².